The van der Waals surface area contributed by atoms with Crippen LogP contribution in [-0.2, 0) is 9.47 Å². The normalized spacial score (nSPS) is 12.3. The van der Waals surface area contributed by atoms with Crippen molar-refractivity contribution in [2.75, 3.05) is 19.5 Å². The SMILES string of the molecule is COCC(C)OC(=O)c1c(N)n(-c2cccc(O)c2)c2nc3ccccc3nc12. The first-order valence-electron chi connectivity index (χ1n) is 9.05. The van der Waals surface area contributed by atoms with Crippen LogP contribution in [0.5, 0.6) is 5.75 Å². The Kier molecular flexibility index (Phi) is 4.77. The van der Waals surface area contributed by atoms with Gasteiger partial charge in [0.2, 0.25) is 0 Å². The minimum absolute atomic E-state index is 0.0651. The predicted octanol–water partition coefficient (Wildman–Crippen LogP) is 3.05. The van der Waals surface area contributed by atoms with E-state index in [1.165, 1.54) is 13.2 Å². The number of rotatable bonds is 5. The van der Waals surface area contributed by atoms with Crippen molar-refractivity contribution in [1.29, 1.82) is 0 Å². The van der Waals surface area contributed by atoms with E-state index in [4.69, 9.17) is 15.2 Å². The van der Waals surface area contributed by atoms with Crippen molar-refractivity contribution in [2.45, 2.75) is 13.0 Å². The van der Waals surface area contributed by atoms with Crippen LogP contribution in [0.15, 0.2) is 48.5 Å². The maximum Gasteiger partial charge on any atom is 0.344 e. The Morgan fingerprint density at radius 3 is 2.59 bits per heavy atom. The summed E-state index contributed by atoms with van der Waals surface area (Å²) in [4.78, 5) is 22.2. The number of nitrogens with two attached hydrogens (primary N) is 1. The minimum Gasteiger partial charge on any atom is -0.508 e. The van der Waals surface area contributed by atoms with E-state index in [9.17, 15) is 9.90 Å². The maximum atomic E-state index is 12.9. The van der Waals surface area contributed by atoms with Gasteiger partial charge in [-0.2, -0.15) is 0 Å². The van der Waals surface area contributed by atoms with Gasteiger partial charge in [-0.05, 0) is 31.2 Å². The zero-order valence-electron chi connectivity index (χ0n) is 16.0. The van der Waals surface area contributed by atoms with Crippen LogP contribution in [0.25, 0.3) is 27.9 Å². The molecule has 0 aliphatic rings. The summed E-state index contributed by atoms with van der Waals surface area (Å²) in [6.45, 7) is 1.98. The van der Waals surface area contributed by atoms with Gasteiger partial charge in [-0.15, -0.1) is 0 Å². The molecule has 0 aliphatic heterocycles. The fourth-order valence-electron chi connectivity index (χ4n) is 3.27. The molecule has 0 aliphatic carbocycles. The number of aromatic hydroxyl groups is 1. The maximum absolute atomic E-state index is 12.9. The van der Waals surface area contributed by atoms with Gasteiger partial charge in [0.05, 0.1) is 23.3 Å². The van der Waals surface area contributed by atoms with Crippen LogP contribution in [-0.4, -0.2) is 45.4 Å². The zero-order valence-corrected chi connectivity index (χ0v) is 16.0. The summed E-state index contributed by atoms with van der Waals surface area (Å²) in [6.07, 6.45) is -0.459. The number of carbonyl (C=O) groups is 1. The highest BCUT2D eigenvalue weighted by Crippen LogP contribution is 2.32. The van der Waals surface area contributed by atoms with E-state index in [0.717, 1.165) is 0 Å². The summed E-state index contributed by atoms with van der Waals surface area (Å²) in [6, 6.07) is 13.9. The molecule has 3 N–H and O–H groups in total. The van der Waals surface area contributed by atoms with Gasteiger partial charge in [0.25, 0.3) is 0 Å². The number of phenolic OH excluding ortho intramolecular Hbond substituents is 1. The topological polar surface area (TPSA) is 112 Å². The van der Waals surface area contributed by atoms with Gasteiger partial charge in [-0.3, -0.25) is 4.57 Å². The van der Waals surface area contributed by atoms with Crippen molar-refractivity contribution in [3.8, 4) is 11.4 Å². The second-order valence-corrected chi connectivity index (χ2v) is 6.67. The Bertz CT molecular complexity index is 1220. The molecule has 8 nitrogen and oxygen atoms in total. The van der Waals surface area contributed by atoms with Crippen molar-refractivity contribution in [3.63, 3.8) is 0 Å². The molecular weight excluding hydrogens is 372 g/mol. The molecular formula is C21H20N4O4. The Hall–Kier alpha value is -3.65. The largest absolute Gasteiger partial charge is 0.508 e. The van der Waals surface area contributed by atoms with Crippen LogP contribution >= 0.6 is 0 Å². The fraction of sp³-hybridized carbons (Fsp3) is 0.190. The van der Waals surface area contributed by atoms with E-state index in [-0.39, 0.29) is 23.7 Å². The Morgan fingerprint density at radius 1 is 1.17 bits per heavy atom. The highest BCUT2D eigenvalue weighted by atomic mass is 16.6. The van der Waals surface area contributed by atoms with Gasteiger partial charge in [-0.1, -0.05) is 18.2 Å². The summed E-state index contributed by atoms with van der Waals surface area (Å²) in [7, 11) is 1.53. The summed E-state index contributed by atoms with van der Waals surface area (Å²) < 4.78 is 12.1. The molecule has 0 spiro atoms. The smallest absolute Gasteiger partial charge is 0.344 e. The number of nitrogens with zero attached hydrogens (tertiary/aromatic N) is 3. The van der Waals surface area contributed by atoms with E-state index < -0.39 is 12.1 Å². The van der Waals surface area contributed by atoms with Crippen molar-refractivity contribution in [1.82, 2.24) is 14.5 Å². The molecule has 2 heterocycles. The van der Waals surface area contributed by atoms with Gasteiger partial charge in [-0.25, -0.2) is 14.8 Å². The summed E-state index contributed by atoms with van der Waals surface area (Å²) >= 11 is 0. The lowest BCUT2D eigenvalue weighted by atomic mass is 10.2. The number of fused-ring (bicyclic) bond motifs is 2. The number of ether oxygens (including phenoxy) is 2. The first-order valence-corrected chi connectivity index (χ1v) is 9.05. The third kappa shape index (κ3) is 3.34. The van der Waals surface area contributed by atoms with E-state index in [0.29, 0.717) is 27.9 Å². The third-order valence-electron chi connectivity index (χ3n) is 4.50. The van der Waals surface area contributed by atoms with Crippen LogP contribution in [0.3, 0.4) is 0 Å². The number of nitrogen functional groups attached to an aromatic ring is 1. The quantitative estimate of drug-likeness (QED) is 0.502. The summed E-state index contributed by atoms with van der Waals surface area (Å²) in [5, 5.41) is 9.91. The molecule has 0 radical (unpaired) electrons. The molecule has 4 rings (SSSR count). The van der Waals surface area contributed by atoms with Gasteiger partial charge < -0.3 is 20.3 Å². The van der Waals surface area contributed by atoms with Crippen molar-refractivity contribution < 1.29 is 19.4 Å². The van der Waals surface area contributed by atoms with Crippen molar-refractivity contribution in [3.05, 3.63) is 54.1 Å². The van der Waals surface area contributed by atoms with E-state index in [1.807, 2.05) is 24.3 Å². The molecule has 4 aromatic rings. The molecule has 1 unspecified atom stereocenters. The number of carbonyl (C=O) groups excluding carboxylic acids is 1. The minimum atomic E-state index is -0.611. The molecule has 0 fully saturated rings. The number of para-hydroxylation sites is 2. The van der Waals surface area contributed by atoms with Crippen LogP contribution in [0.1, 0.15) is 17.3 Å². The average molecular weight is 392 g/mol. The summed E-state index contributed by atoms with van der Waals surface area (Å²) in [5.41, 5.74) is 9.09. The molecule has 0 saturated heterocycles. The van der Waals surface area contributed by atoms with Gasteiger partial charge in [0.1, 0.15) is 28.8 Å². The summed E-state index contributed by atoms with van der Waals surface area (Å²) in [5.74, 6) is -0.411. The Balaban J connectivity index is 1.98. The number of anilines is 1. The standard InChI is InChI=1S/C21H20N4O4/c1-12(11-28-2)29-21(27)17-18-20(24-16-9-4-3-8-15(16)23-18)25(19(17)22)13-6-5-7-14(26)10-13/h3-10,12,26H,11,22H2,1-2H3. The van der Waals surface area contributed by atoms with Crippen LogP contribution < -0.4 is 5.73 Å². The molecule has 0 amide bonds. The zero-order chi connectivity index (χ0) is 20.5. The molecule has 0 saturated carbocycles. The number of benzene rings is 2. The third-order valence-corrected chi connectivity index (χ3v) is 4.50. The van der Waals surface area contributed by atoms with E-state index >= 15 is 0 Å². The number of esters is 1. The van der Waals surface area contributed by atoms with E-state index in [1.54, 1.807) is 29.7 Å². The van der Waals surface area contributed by atoms with Gasteiger partial charge in [0.15, 0.2) is 5.65 Å². The lowest BCUT2D eigenvalue weighted by Crippen LogP contribution is -2.20. The molecule has 148 valence electrons. The lowest BCUT2D eigenvalue weighted by Gasteiger charge is -2.12. The number of methoxy groups -OCH3 is 1. The monoisotopic (exact) mass is 392 g/mol. The molecule has 0 bridgehead atoms. The number of aromatic nitrogens is 3. The van der Waals surface area contributed by atoms with E-state index in [2.05, 4.69) is 9.97 Å². The van der Waals surface area contributed by atoms with Crippen molar-refractivity contribution in [2.24, 2.45) is 0 Å². The molecule has 1 atom stereocenters. The predicted molar refractivity (Wildman–Crippen MR) is 109 cm³/mol. The van der Waals surface area contributed by atoms with Crippen molar-refractivity contribution >= 4 is 34.0 Å². The van der Waals surface area contributed by atoms with Crippen LogP contribution in [0.2, 0.25) is 0 Å². The average Bonchev–Trinajstić information content (AvgIpc) is 2.97. The first-order chi connectivity index (χ1) is 14.0. The molecule has 8 heteroatoms. The highest BCUT2D eigenvalue weighted by molar-refractivity contribution is 6.09. The van der Waals surface area contributed by atoms with Gasteiger partial charge >= 0.3 is 5.97 Å². The Labute approximate surface area is 166 Å². The first kappa shape index (κ1) is 18.7. The molecule has 29 heavy (non-hydrogen) atoms. The number of hydrogen-bond donors (Lipinski definition) is 2. The highest BCUT2D eigenvalue weighted by Gasteiger charge is 2.27. The molecule has 2 aromatic heterocycles. The number of phenols is 1. The Morgan fingerprint density at radius 2 is 1.90 bits per heavy atom. The van der Waals surface area contributed by atoms with Crippen LogP contribution in [0, 0.1) is 0 Å². The second kappa shape index (κ2) is 7.40. The second-order valence-electron chi connectivity index (χ2n) is 6.67. The van der Waals surface area contributed by atoms with Crippen LogP contribution in [0.4, 0.5) is 5.82 Å². The number of hydrogen-bond acceptors (Lipinski definition) is 7. The molecule has 2 aromatic carbocycles. The lowest BCUT2D eigenvalue weighted by molar-refractivity contribution is 0.0123. The van der Waals surface area contributed by atoms with Gasteiger partial charge in [0, 0.05) is 13.2 Å². The fourth-order valence-corrected chi connectivity index (χ4v) is 3.27.